The van der Waals surface area contributed by atoms with Crippen LogP contribution in [0.1, 0.15) is 47.8 Å². The minimum absolute atomic E-state index is 0.119. The summed E-state index contributed by atoms with van der Waals surface area (Å²) in [7, 11) is 0. The second-order valence-electron chi connectivity index (χ2n) is 5.45. The van der Waals surface area contributed by atoms with E-state index >= 15 is 0 Å². The van der Waals surface area contributed by atoms with E-state index < -0.39 is 0 Å². The lowest BCUT2D eigenvalue weighted by atomic mass is 10.0. The van der Waals surface area contributed by atoms with E-state index in [0.29, 0.717) is 0 Å². The van der Waals surface area contributed by atoms with Crippen LogP contribution in [-0.4, -0.2) is 12.3 Å². The molecule has 1 N–H and O–H groups in total. The molecule has 0 heterocycles. The second-order valence-corrected chi connectivity index (χ2v) is 5.45. The molecule has 0 aromatic heterocycles. The van der Waals surface area contributed by atoms with Gasteiger partial charge in [0.05, 0.1) is 0 Å². The Morgan fingerprint density at radius 1 is 1.10 bits per heavy atom. The van der Waals surface area contributed by atoms with Crippen LogP contribution in [0.4, 0.5) is 0 Å². The van der Waals surface area contributed by atoms with Gasteiger partial charge in [-0.3, -0.25) is 4.79 Å². The molecule has 0 bridgehead atoms. The Morgan fingerprint density at radius 3 is 2.57 bits per heavy atom. The van der Waals surface area contributed by atoms with E-state index in [1.807, 2.05) is 24.3 Å². The number of ketones is 1. The van der Waals surface area contributed by atoms with Crippen molar-refractivity contribution in [2.75, 3.05) is 6.54 Å². The molecule has 2 aromatic rings. The normalized spacial score (nSPS) is 12.1. The highest BCUT2D eigenvalue weighted by Crippen LogP contribution is 2.14. The van der Waals surface area contributed by atoms with Gasteiger partial charge in [0.15, 0.2) is 5.78 Å². The lowest BCUT2D eigenvalue weighted by Gasteiger charge is -2.15. The van der Waals surface area contributed by atoms with Gasteiger partial charge in [-0.15, -0.1) is 0 Å². The van der Waals surface area contributed by atoms with Crippen molar-refractivity contribution in [2.45, 2.75) is 32.7 Å². The molecule has 110 valence electrons. The molecular formula is C19H23NO. The van der Waals surface area contributed by atoms with Crippen molar-refractivity contribution >= 4 is 5.78 Å². The second kappa shape index (κ2) is 7.75. The summed E-state index contributed by atoms with van der Waals surface area (Å²) in [6.45, 7) is 4.72. The van der Waals surface area contributed by atoms with Crippen molar-refractivity contribution in [1.29, 1.82) is 0 Å². The number of benzene rings is 2. The maximum Gasteiger partial charge on any atom is 0.159 e. The fourth-order valence-electron chi connectivity index (χ4n) is 2.40. The van der Waals surface area contributed by atoms with E-state index in [-0.39, 0.29) is 11.8 Å². The van der Waals surface area contributed by atoms with E-state index in [9.17, 15) is 4.79 Å². The lowest BCUT2D eigenvalue weighted by molar-refractivity contribution is 0.101. The Morgan fingerprint density at radius 2 is 1.86 bits per heavy atom. The van der Waals surface area contributed by atoms with Crippen LogP contribution in [0.5, 0.6) is 0 Å². The SMILES string of the molecule is CC(=O)c1cccc(C(C)NCCCc2ccccc2)c1. The van der Waals surface area contributed by atoms with E-state index in [0.717, 1.165) is 24.9 Å². The van der Waals surface area contributed by atoms with Crippen LogP contribution in [-0.2, 0) is 6.42 Å². The Kier molecular flexibility index (Phi) is 5.70. The van der Waals surface area contributed by atoms with Gasteiger partial charge in [0, 0.05) is 11.6 Å². The zero-order chi connectivity index (χ0) is 15.1. The quantitative estimate of drug-likeness (QED) is 0.609. The molecule has 2 aromatic carbocycles. The minimum Gasteiger partial charge on any atom is -0.310 e. The fraction of sp³-hybridized carbons (Fsp3) is 0.316. The monoisotopic (exact) mass is 281 g/mol. The molecular weight excluding hydrogens is 258 g/mol. The minimum atomic E-state index is 0.119. The number of nitrogens with one attached hydrogen (secondary N) is 1. The number of hydrogen-bond donors (Lipinski definition) is 1. The van der Waals surface area contributed by atoms with Crippen molar-refractivity contribution in [1.82, 2.24) is 5.32 Å². The Bertz CT molecular complexity index is 577. The number of Topliss-reactive ketones (excluding diaryl/α,β-unsaturated/α-hetero) is 1. The number of rotatable bonds is 7. The summed E-state index contributed by atoms with van der Waals surface area (Å²) in [5.41, 5.74) is 3.33. The summed E-state index contributed by atoms with van der Waals surface area (Å²) < 4.78 is 0. The smallest absolute Gasteiger partial charge is 0.159 e. The first-order valence-corrected chi connectivity index (χ1v) is 7.55. The number of carbonyl (C=O) groups is 1. The third-order valence-electron chi connectivity index (χ3n) is 3.73. The summed E-state index contributed by atoms with van der Waals surface area (Å²) in [5, 5.41) is 3.52. The Balaban J connectivity index is 1.80. The number of hydrogen-bond acceptors (Lipinski definition) is 2. The lowest BCUT2D eigenvalue weighted by Crippen LogP contribution is -2.20. The topological polar surface area (TPSA) is 29.1 Å². The zero-order valence-electron chi connectivity index (χ0n) is 12.8. The first-order valence-electron chi connectivity index (χ1n) is 7.55. The third-order valence-corrected chi connectivity index (χ3v) is 3.73. The van der Waals surface area contributed by atoms with E-state index in [1.165, 1.54) is 11.1 Å². The molecule has 0 saturated heterocycles. The molecule has 1 unspecified atom stereocenters. The maximum absolute atomic E-state index is 11.4. The molecule has 0 aliphatic carbocycles. The van der Waals surface area contributed by atoms with Gasteiger partial charge >= 0.3 is 0 Å². The van der Waals surface area contributed by atoms with Gasteiger partial charge in [-0.1, -0.05) is 48.5 Å². The molecule has 1 atom stereocenters. The van der Waals surface area contributed by atoms with Crippen molar-refractivity contribution < 1.29 is 4.79 Å². The molecule has 0 spiro atoms. The van der Waals surface area contributed by atoms with Gasteiger partial charge in [0.25, 0.3) is 0 Å². The molecule has 0 aliphatic heterocycles. The predicted molar refractivity (Wildman–Crippen MR) is 87.6 cm³/mol. The average molecular weight is 281 g/mol. The van der Waals surface area contributed by atoms with Crippen molar-refractivity contribution in [2.24, 2.45) is 0 Å². The van der Waals surface area contributed by atoms with Crippen LogP contribution in [0.15, 0.2) is 54.6 Å². The standard InChI is InChI=1S/C19H23NO/c1-15(18-11-6-12-19(14-18)16(2)21)20-13-7-10-17-8-4-3-5-9-17/h3-6,8-9,11-12,14-15,20H,7,10,13H2,1-2H3. The molecule has 2 heteroatoms. The van der Waals surface area contributed by atoms with Crippen molar-refractivity contribution in [3.05, 3.63) is 71.3 Å². The molecule has 0 radical (unpaired) electrons. The van der Waals surface area contributed by atoms with Crippen LogP contribution in [0.2, 0.25) is 0 Å². The predicted octanol–water partition coefficient (Wildman–Crippen LogP) is 4.17. The number of aryl methyl sites for hydroxylation is 1. The first-order chi connectivity index (χ1) is 10.2. The number of carbonyl (C=O) groups excluding carboxylic acids is 1. The van der Waals surface area contributed by atoms with E-state index in [4.69, 9.17) is 0 Å². The van der Waals surface area contributed by atoms with Crippen molar-refractivity contribution in [3.63, 3.8) is 0 Å². The highest BCUT2D eigenvalue weighted by molar-refractivity contribution is 5.94. The molecule has 0 aliphatic rings. The fourth-order valence-corrected chi connectivity index (χ4v) is 2.40. The van der Waals surface area contributed by atoms with Gasteiger partial charge in [-0.05, 0) is 50.4 Å². The average Bonchev–Trinajstić information content (AvgIpc) is 2.52. The van der Waals surface area contributed by atoms with Crippen LogP contribution < -0.4 is 5.32 Å². The highest BCUT2D eigenvalue weighted by atomic mass is 16.1. The van der Waals surface area contributed by atoms with Crippen LogP contribution in [0, 0.1) is 0 Å². The van der Waals surface area contributed by atoms with Gasteiger partial charge in [-0.2, -0.15) is 0 Å². The van der Waals surface area contributed by atoms with Crippen molar-refractivity contribution in [3.8, 4) is 0 Å². The van der Waals surface area contributed by atoms with E-state index in [2.05, 4.69) is 42.6 Å². The molecule has 2 rings (SSSR count). The van der Waals surface area contributed by atoms with Gasteiger partial charge in [0.2, 0.25) is 0 Å². The van der Waals surface area contributed by atoms with Gasteiger partial charge in [-0.25, -0.2) is 0 Å². The molecule has 0 fully saturated rings. The summed E-state index contributed by atoms with van der Waals surface area (Å²) in [5.74, 6) is 0.119. The molecule has 0 amide bonds. The Hall–Kier alpha value is -1.93. The summed E-state index contributed by atoms with van der Waals surface area (Å²) in [6.07, 6.45) is 2.20. The van der Waals surface area contributed by atoms with Crippen LogP contribution >= 0.6 is 0 Å². The van der Waals surface area contributed by atoms with Crippen LogP contribution in [0.3, 0.4) is 0 Å². The van der Waals surface area contributed by atoms with Gasteiger partial charge < -0.3 is 5.32 Å². The Labute approximate surface area is 127 Å². The first kappa shape index (κ1) is 15.5. The molecule has 21 heavy (non-hydrogen) atoms. The maximum atomic E-state index is 11.4. The largest absolute Gasteiger partial charge is 0.310 e. The van der Waals surface area contributed by atoms with Crippen LogP contribution in [0.25, 0.3) is 0 Å². The summed E-state index contributed by atoms with van der Waals surface area (Å²) in [6, 6.07) is 18.7. The zero-order valence-corrected chi connectivity index (χ0v) is 12.8. The summed E-state index contributed by atoms with van der Waals surface area (Å²) in [4.78, 5) is 11.4. The van der Waals surface area contributed by atoms with Gasteiger partial charge in [0.1, 0.15) is 0 Å². The van der Waals surface area contributed by atoms with E-state index in [1.54, 1.807) is 6.92 Å². The third kappa shape index (κ3) is 4.83. The molecule has 0 saturated carbocycles. The highest BCUT2D eigenvalue weighted by Gasteiger charge is 2.06. The summed E-state index contributed by atoms with van der Waals surface area (Å²) >= 11 is 0. The molecule has 2 nitrogen and oxygen atoms in total.